The van der Waals surface area contributed by atoms with Gasteiger partial charge in [-0.25, -0.2) is 14.6 Å². The summed E-state index contributed by atoms with van der Waals surface area (Å²) in [4.78, 5) is 30.5. The third-order valence-corrected chi connectivity index (χ3v) is 3.92. The summed E-state index contributed by atoms with van der Waals surface area (Å²) in [7, 11) is 1.63. The summed E-state index contributed by atoms with van der Waals surface area (Å²) < 4.78 is 0. The molecule has 1 aromatic carbocycles. The smallest absolute Gasteiger partial charge is 0.354 e. The van der Waals surface area contributed by atoms with E-state index in [9.17, 15) is 9.59 Å². The first-order valence-electron chi connectivity index (χ1n) is 7.23. The molecule has 1 aromatic heterocycles. The molecular formula is C17H14N4O3. The van der Waals surface area contributed by atoms with Crippen molar-refractivity contribution in [1.29, 1.82) is 5.26 Å². The number of hydrogen-bond acceptors (Lipinski definition) is 4. The molecule has 0 fully saturated rings. The molecule has 0 unspecified atom stereocenters. The van der Waals surface area contributed by atoms with Crippen molar-refractivity contribution in [2.45, 2.75) is 13.1 Å². The Kier molecular flexibility index (Phi) is 3.88. The molecule has 24 heavy (non-hydrogen) atoms. The normalized spacial score (nSPS) is 13.4. The quantitative estimate of drug-likeness (QED) is 0.934. The van der Waals surface area contributed by atoms with E-state index >= 15 is 0 Å². The van der Waals surface area contributed by atoms with Crippen LogP contribution in [0.25, 0.3) is 0 Å². The minimum atomic E-state index is -1.10. The van der Waals surface area contributed by atoms with E-state index in [0.29, 0.717) is 24.3 Å². The Labute approximate surface area is 138 Å². The number of pyridine rings is 1. The summed E-state index contributed by atoms with van der Waals surface area (Å²) in [5, 5.41) is 17.9. The fourth-order valence-corrected chi connectivity index (χ4v) is 2.65. The van der Waals surface area contributed by atoms with Crippen LogP contribution in [-0.2, 0) is 13.1 Å². The standard InChI is InChI=1S/C17H14N4O3/c1-20-15-8-19-14(16(22)23)6-13(15)10-21(17(20)24)9-12-4-2-11(7-18)3-5-12/h2-6,8H,9-10H2,1H3,(H,22,23). The molecule has 1 N–H and O–H groups in total. The van der Waals surface area contributed by atoms with Crippen LogP contribution >= 0.6 is 0 Å². The molecular weight excluding hydrogens is 308 g/mol. The van der Waals surface area contributed by atoms with E-state index in [-0.39, 0.29) is 11.7 Å². The summed E-state index contributed by atoms with van der Waals surface area (Å²) in [6, 6.07) is 10.4. The topological polar surface area (TPSA) is 97.5 Å². The Morgan fingerprint density at radius 1 is 1.38 bits per heavy atom. The van der Waals surface area contributed by atoms with Gasteiger partial charge >= 0.3 is 12.0 Å². The second kappa shape index (κ2) is 6.01. The van der Waals surface area contributed by atoms with Crippen LogP contribution in [0.15, 0.2) is 36.5 Å². The van der Waals surface area contributed by atoms with Crippen LogP contribution < -0.4 is 4.90 Å². The van der Waals surface area contributed by atoms with Gasteiger partial charge in [0.1, 0.15) is 5.69 Å². The van der Waals surface area contributed by atoms with Crippen LogP contribution in [0.5, 0.6) is 0 Å². The highest BCUT2D eigenvalue weighted by atomic mass is 16.4. The maximum Gasteiger partial charge on any atom is 0.354 e. The summed E-state index contributed by atoms with van der Waals surface area (Å²) in [5.41, 5.74) is 2.75. The molecule has 2 heterocycles. The first kappa shape index (κ1) is 15.5. The maximum absolute atomic E-state index is 12.5. The maximum atomic E-state index is 12.5. The van der Waals surface area contributed by atoms with Crippen LogP contribution in [0.2, 0.25) is 0 Å². The number of amides is 2. The Balaban J connectivity index is 1.88. The number of hydrogen-bond donors (Lipinski definition) is 1. The van der Waals surface area contributed by atoms with Crippen LogP contribution in [-0.4, -0.2) is 34.0 Å². The zero-order valence-electron chi connectivity index (χ0n) is 12.9. The fraction of sp³-hybridized carbons (Fsp3) is 0.176. The van der Waals surface area contributed by atoms with E-state index in [0.717, 1.165) is 11.1 Å². The van der Waals surface area contributed by atoms with Gasteiger partial charge in [0, 0.05) is 20.1 Å². The number of aromatic carboxylic acids is 1. The summed E-state index contributed by atoms with van der Waals surface area (Å²) >= 11 is 0. The predicted octanol–water partition coefficient (Wildman–Crippen LogP) is 2.22. The number of carbonyl (C=O) groups excluding carboxylic acids is 1. The lowest BCUT2D eigenvalue weighted by molar-refractivity contribution is 0.0690. The number of anilines is 1. The molecule has 3 rings (SSSR count). The minimum absolute atomic E-state index is 0.0465. The van der Waals surface area contributed by atoms with Crippen LogP contribution in [0.4, 0.5) is 10.5 Å². The molecule has 1 aliphatic rings. The average Bonchev–Trinajstić information content (AvgIpc) is 2.59. The number of carboxylic acid groups (broad SMARTS) is 1. The van der Waals surface area contributed by atoms with Gasteiger partial charge in [-0.2, -0.15) is 5.26 Å². The fourth-order valence-electron chi connectivity index (χ4n) is 2.65. The van der Waals surface area contributed by atoms with Gasteiger partial charge in [-0.15, -0.1) is 0 Å². The van der Waals surface area contributed by atoms with Crippen LogP contribution in [0.1, 0.15) is 27.2 Å². The number of rotatable bonds is 3. The van der Waals surface area contributed by atoms with Crippen molar-refractivity contribution in [3.63, 3.8) is 0 Å². The number of fused-ring (bicyclic) bond motifs is 1. The molecule has 0 radical (unpaired) electrons. The van der Waals surface area contributed by atoms with E-state index in [2.05, 4.69) is 11.1 Å². The van der Waals surface area contributed by atoms with E-state index in [1.54, 1.807) is 36.2 Å². The number of urea groups is 1. The number of nitrogens with zero attached hydrogens (tertiary/aromatic N) is 4. The molecule has 0 saturated carbocycles. The van der Waals surface area contributed by atoms with Gasteiger partial charge in [-0.1, -0.05) is 12.1 Å². The predicted molar refractivity (Wildman–Crippen MR) is 85.4 cm³/mol. The molecule has 0 atom stereocenters. The van der Waals surface area contributed by atoms with E-state index in [1.165, 1.54) is 17.2 Å². The van der Waals surface area contributed by atoms with Crippen molar-refractivity contribution in [1.82, 2.24) is 9.88 Å². The number of carboxylic acids is 1. The molecule has 7 heteroatoms. The van der Waals surface area contributed by atoms with Gasteiger partial charge in [0.05, 0.1) is 23.5 Å². The van der Waals surface area contributed by atoms with Gasteiger partial charge in [0.2, 0.25) is 0 Å². The highest BCUT2D eigenvalue weighted by Gasteiger charge is 2.28. The molecule has 0 saturated heterocycles. The highest BCUT2D eigenvalue weighted by Crippen LogP contribution is 2.28. The molecule has 0 spiro atoms. The van der Waals surface area contributed by atoms with E-state index < -0.39 is 5.97 Å². The molecule has 0 bridgehead atoms. The Bertz CT molecular complexity index is 855. The van der Waals surface area contributed by atoms with Crippen LogP contribution in [0.3, 0.4) is 0 Å². The Morgan fingerprint density at radius 3 is 2.71 bits per heavy atom. The summed E-state index contributed by atoms with van der Waals surface area (Å²) in [6.07, 6.45) is 1.41. The van der Waals surface area contributed by atoms with Gasteiger partial charge < -0.3 is 10.0 Å². The monoisotopic (exact) mass is 322 g/mol. The Morgan fingerprint density at radius 2 is 2.08 bits per heavy atom. The second-order valence-electron chi connectivity index (χ2n) is 5.51. The van der Waals surface area contributed by atoms with Gasteiger partial charge in [0.25, 0.3) is 0 Å². The van der Waals surface area contributed by atoms with Gasteiger partial charge in [0.15, 0.2) is 0 Å². The van der Waals surface area contributed by atoms with E-state index in [1.807, 2.05) is 0 Å². The third-order valence-electron chi connectivity index (χ3n) is 3.92. The zero-order valence-corrected chi connectivity index (χ0v) is 12.9. The second-order valence-corrected chi connectivity index (χ2v) is 5.51. The molecule has 2 aromatic rings. The summed E-state index contributed by atoms with van der Waals surface area (Å²) in [6.45, 7) is 0.681. The highest BCUT2D eigenvalue weighted by molar-refractivity contribution is 5.95. The van der Waals surface area contributed by atoms with Crippen molar-refractivity contribution in [2.24, 2.45) is 0 Å². The first-order chi connectivity index (χ1) is 11.5. The third kappa shape index (κ3) is 2.77. The van der Waals surface area contributed by atoms with E-state index in [4.69, 9.17) is 10.4 Å². The SMILES string of the molecule is CN1C(=O)N(Cc2ccc(C#N)cc2)Cc2cc(C(=O)O)ncc21. The van der Waals surface area contributed by atoms with Crippen molar-refractivity contribution < 1.29 is 14.7 Å². The molecule has 7 nitrogen and oxygen atoms in total. The molecule has 1 aliphatic heterocycles. The average molecular weight is 322 g/mol. The number of aromatic nitrogens is 1. The lowest BCUT2D eigenvalue weighted by Gasteiger charge is -2.34. The number of benzene rings is 1. The van der Waals surface area contributed by atoms with Gasteiger partial charge in [-0.05, 0) is 29.3 Å². The number of carbonyl (C=O) groups is 2. The van der Waals surface area contributed by atoms with Crippen molar-refractivity contribution in [3.05, 3.63) is 58.9 Å². The largest absolute Gasteiger partial charge is 0.477 e. The van der Waals surface area contributed by atoms with Gasteiger partial charge in [-0.3, -0.25) is 4.90 Å². The molecule has 120 valence electrons. The number of nitriles is 1. The van der Waals surface area contributed by atoms with Crippen LogP contribution in [0, 0.1) is 11.3 Å². The van der Waals surface area contributed by atoms with Crippen molar-refractivity contribution in [3.8, 4) is 6.07 Å². The lowest BCUT2D eigenvalue weighted by Crippen LogP contribution is -2.44. The minimum Gasteiger partial charge on any atom is -0.477 e. The first-order valence-corrected chi connectivity index (χ1v) is 7.23. The molecule has 2 amide bonds. The summed E-state index contributed by atoms with van der Waals surface area (Å²) in [5.74, 6) is -1.10. The zero-order chi connectivity index (χ0) is 17.3. The van der Waals surface area contributed by atoms with Crippen molar-refractivity contribution in [2.75, 3.05) is 11.9 Å². The lowest BCUT2D eigenvalue weighted by atomic mass is 10.1. The van der Waals surface area contributed by atoms with Crippen molar-refractivity contribution >= 4 is 17.7 Å². The molecule has 0 aliphatic carbocycles. The Hall–Kier alpha value is -3.40.